The molecule has 0 spiro atoms. The highest BCUT2D eigenvalue weighted by Crippen LogP contribution is 2.29. The van der Waals surface area contributed by atoms with Crippen LogP contribution < -0.4 is 5.32 Å². The van der Waals surface area contributed by atoms with Crippen molar-refractivity contribution in [1.82, 2.24) is 15.1 Å². The molecule has 1 amide bonds. The van der Waals surface area contributed by atoms with Gasteiger partial charge in [0.2, 0.25) is 0 Å². The average molecular weight is 317 g/mol. The van der Waals surface area contributed by atoms with Crippen LogP contribution in [0.1, 0.15) is 40.4 Å². The quantitative estimate of drug-likeness (QED) is 0.801. The van der Waals surface area contributed by atoms with Gasteiger partial charge in [-0.2, -0.15) is 5.10 Å². The molecule has 2 aromatic carbocycles. The number of benzene rings is 2. The zero-order chi connectivity index (χ0) is 16.4. The molecule has 4 heteroatoms. The van der Waals surface area contributed by atoms with E-state index in [2.05, 4.69) is 28.6 Å². The normalized spacial score (nSPS) is 16.4. The van der Waals surface area contributed by atoms with Crippen molar-refractivity contribution >= 4 is 5.91 Å². The lowest BCUT2D eigenvalue weighted by molar-refractivity contribution is 0.0933. The molecule has 0 radical (unpaired) electrons. The predicted octanol–water partition coefficient (Wildman–Crippen LogP) is 3.68. The number of amides is 1. The Labute approximate surface area is 141 Å². The monoisotopic (exact) mass is 317 g/mol. The fourth-order valence-electron chi connectivity index (χ4n) is 3.33. The Kier molecular flexibility index (Phi) is 3.87. The Bertz CT molecular complexity index is 838. The Hall–Kier alpha value is -2.88. The smallest absolute Gasteiger partial charge is 0.251 e. The average Bonchev–Trinajstić information content (AvgIpc) is 3.17. The zero-order valence-electron chi connectivity index (χ0n) is 13.4. The first-order valence-electron chi connectivity index (χ1n) is 8.30. The SMILES string of the molecule is O=C(NC1CCCc2ccccc21)c1ccc(-n2cccn2)cc1. The van der Waals surface area contributed by atoms with Gasteiger partial charge in [-0.25, -0.2) is 4.68 Å². The van der Waals surface area contributed by atoms with E-state index in [9.17, 15) is 4.79 Å². The second kappa shape index (κ2) is 6.32. The van der Waals surface area contributed by atoms with Gasteiger partial charge in [0.15, 0.2) is 0 Å². The number of nitrogens with zero attached hydrogens (tertiary/aromatic N) is 2. The van der Waals surface area contributed by atoms with Crippen LogP contribution in [0.5, 0.6) is 0 Å². The Morgan fingerprint density at radius 1 is 1.08 bits per heavy atom. The van der Waals surface area contributed by atoms with Crippen molar-refractivity contribution in [3.8, 4) is 5.69 Å². The highest BCUT2D eigenvalue weighted by atomic mass is 16.1. The van der Waals surface area contributed by atoms with Crippen LogP contribution in [0.2, 0.25) is 0 Å². The van der Waals surface area contributed by atoms with E-state index in [1.807, 2.05) is 42.6 Å². The van der Waals surface area contributed by atoms with Crippen molar-refractivity contribution < 1.29 is 4.79 Å². The van der Waals surface area contributed by atoms with E-state index in [-0.39, 0.29) is 11.9 Å². The third-order valence-corrected chi connectivity index (χ3v) is 4.57. The lowest BCUT2D eigenvalue weighted by Gasteiger charge is -2.26. The summed E-state index contributed by atoms with van der Waals surface area (Å²) in [5, 5.41) is 7.38. The lowest BCUT2D eigenvalue weighted by atomic mass is 9.87. The van der Waals surface area contributed by atoms with E-state index in [0.29, 0.717) is 5.56 Å². The zero-order valence-corrected chi connectivity index (χ0v) is 13.4. The largest absolute Gasteiger partial charge is 0.345 e. The molecule has 1 atom stereocenters. The first-order chi connectivity index (χ1) is 11.8. The number of rotatable bonds is 3. The second-order valence-electron chi connectivity index (χ2n) is 6.11. The summed E-state index contributed by atoms with van der Waals surface area (Å²) < 4.78 is 1.78. The molecule has 1 aliphatic carbocycles. The predicted molar refractivity (Wildman–Crippen MR) is 93.2 cm³/mol. The van der Waals surface area contributed by atoms with Crippen molar-refractivity contribution in [3.63, 3.8) is 0 Å². The van der Waals surface area contributed by atoms with Gasteiger partial charge in [0.1, 0.15) is 0 Å². The highest BCUT2D eigenvalue weighted by molar-refractivity contribution is 5.94. The van der Waals surface area contributed by atoms with E-state index in [1.54, 1.807) is 10.9 Å². The van der Waals surface area contributed by atoms with Gasteiger partial charge in [-0.15, -0.1) is 0 Å². The highest BCUT2D eigenvalue weighted by Gasteiger charge is 2.21. The maximum Gasteiger partial charge on any atom is 0.251 e. The summed E-state index contributed by atoms with van der Waals surface area (Å²) in [6, 6.07) is 17.9. The molecule has 1 aromatic heterocycles. The fraction of sp³-hybridized carbons (Fsp3) is 0.200. The third-order valence-electron chi connectivity index (χ3n) is 4.57. The number of hydrogen-bond acceptors (Lipinski definition) is 2. The topological polar surface area (TPSA) is 46.9 Å². The third kappa shape index (κ3) is 2.83. The number of carbonyl (C=O) groups is 1. The summed E-state index contributed by atoms with van der Waals surface area (Å²) >= 11 is 0. The molecule has 1 heterocycles. The molecular weight excluding hydrogens is 298 g/mol. The molecule has 0 saturated carbocycles. The molecule has 0 fully saturated rings. The van der Waals surface area contributed by atoms with Crippen molar-refractivity contribution in [2.75, 3.05) is 0 Å². The molecule has 24 heavy (non-hydrogen) atoms. The van der Waals surface area contributed by atoms with Crippen molar-refractivity contribution in [3.05, 3.63) is 83.7 Å². The van der Waals surface area contributed by atoms with Crippen molar-refractivity contribution in [1.29, 1.82) is 0 Å². The summed E-state index contributed by atoms with van der Waals surface area (Å²) in [5.74, 6) is -0.0243. The number of fused-ring (bicyclic) bond motifs is 1. The van der Waals surface area contributed by atoms with Gasteiger partial charge in [0.25, 0.3) is 5.91 Å². The lowest BCUT2D eigenvalue weighted by Crippen LogP contribution is -2.30. The summed E-state index contributed by atoms with van der Waals surface area (Å²) in [5.41, 5.74) is 4.22. The number of nitrogens with one attached hydrogen (secondary N) is 1. The van der Waals surface area contributed by atoms with E-state index in [0.717, 1.165) is 24.9 Å². The second-order valence-corrected chi connectivity index (χ2v) is 6.11. The number of carbonyl (C=O) groups excluding carboxylic acids is 1. The van der Waals surface area contributed by atoms with Crippen LogP contribution in [-0.2, 0) is 6.42 Å². The number of hydrogen-bond donors (Lipinski definition) is 1. The summed E-state index contributed by atoms with van der Waals surface area (Å²) in [6.07, 6.45) is 6.82. The molecule has 0 bridgehead atoms. The van der Waals surface area contributed by atoms with Gasteiger partial charge in [-0.1, -0.05) is 24.3 Å². The fourth-order valence-corrected chi connectivity index (χ4v) is 3.33. The minimum absolute atomic E-state index is 0.0243. The molecule has 120 valence electrons. The van der Waals surface area contributed by atoms with Crippen LogP contribution in [0.25, 0.3) is 5.69 Å². The van der Waals surface area contributed by atoms with Crippen LogP contribution in [0.3, 0.4) is 0 Å². The minimum atomic E-state index is -0.0243. The first kappa shape index (κ1) is 14.7. The van der Waals surface area contributed by atoms with Gasteiger partial charge in [0.05, 0.1) is 11.7 Å². The van der Waals surface area contributed by atoms with Crippen LogP contribution in [0, 0.1) is 0 Å². The molecule has 1 N–H and O–H groups in total. The Morgan fingerprint density at radius 2 is 1.92 bits per heavy atom. The molecule has 0 saturated heterocycles. The number of aromatic nitrogens is 2. The van der Waals surface area contributed by atoms with Gasteiger partial charge in [-0.05, 0) is 60.7 Å². The number of aryl methyl sites for hydroxylation is 1. The van der Waals surface area contributed by atoms with E-state index in [4.69, 9.17) is 0 Å². The van der Waals surface area contributed by atoms with Crippen LogP contribution in [0.4, 0.5) is 0 Å². The van der Waals surface area contributed by atoms with E-state index >= 15 is 0 Å². The molecule has 4 nitrogen and oxygen atoms in total. The first-order valence-corrected chi connectivity index (χ1v) is 8.30. The van der Waals surface area contributed by atoms with Crippen molar-refractivity contribution in [2.45, 2.75) is 25.3 Å². The molecular formula is C20H19N3O. The van der Waals surface area contributed by atoms with Crippen molar-refractivity contribution in [2.24, 2.45) is 0 Å². The van der Waals surface area contributed by atoms with Gasteiger partial charge in [0, 0.05) is 18.0 Å². The van der Waals surface area contributed by atoms with Gasteiger partial charge in [-0.3, -0.25) is 4.79 Å². The van der Waals surface area contributed by atoms with Crippen LogP contribution in [0.15, 0.2) is 67.0 Å². The molecule has 0 aliphatic heterocycles. The maximum absolute atomic E-state index is 12.6. The summed E-state index contributed by atoms with van der Waals surface area (Å²) in [4.78, 5) is 12.6. The molecule has 4 rings (SSSR count). The Morgan fingerprint density at radius 3 is 2.71 bits per heavy atom. The molecule has 3 aromatic rings. The minimum Gasteiger partial charge on any atom is -0.345 e. The van der Waals surface area contributed by atoms with Crippen LogP contribution >= 0.6 is 0 Å². The molecule has 1 unspecified atom stereocenters. The van der Waals surface area contributed by atoms with Gasteiger partial charge >= 0.3 is 0 Å². The maximum atomic E-state index is 12.6. The summed E-state index contributed by atoms with van der Waals surface area (Å²) in [7, 11) is 0. The molecule has 1 aliphatic rings. The van der Waals surface area contributed by atoms with E-state index in [1.165, 1.54) is 11.1 Å². The summed E-state index contributed by atoms with van der Waals surface area (Å²) in [6.45, 7) is 0. The van der Waals surface area contributed by atoms with Gasteiger partial charge < -0.3 is 5.32 Å². The Balaban J connectivity index is 1.51. The van der Waals surface area contributed by atoms with Crippen LogP contribution in [-0.4, -0.2) is 15.7 Å². The van der Waals surface area contributed by atoms with E-state index < -0.39 is 0 Å². The standard InChI is InChI=1S/C20H19N3O/c24-20(16-9-11-17(12-10-16)23-14-4-13-21-23)22-19-8-3-6-15-5-1-2-7-18(15)19/h1-2,4-5,7,9-14,19H,3,6,8H2,(H,22,24).